The molecule has 0 heterocycles. The monoisotopic (exact) mass is 479 g/mol. The molecule has 0 aliphatic rings. The summed E-state index contributed by atoms with van der Waals surface area (Å²) < 4.78 is 11.4. The van der Waals surface area contributed by atoms with Gasteiger partial charge < -0.3 is 24.8 Å². The Bertz CT molecular complexity index is 1220. The second-order valence-corrected chi connectivity index (χ2v) is 8.31. The number of benzene rings is 3. The molecule has 1 amide bonds. The van der Waals surface area contributed by atoms with Crippen LogP contribution in [0.15, 0.2) is 54.6 Å². The van der Waals surface area contributed by atoms with E-state index in [9.17, 15) is 24.9 Å². The van der Waals surface area contributed by atoms with Crippen molar-refractivity contribution >= 4 is 17.7 Å². The van der Waals surface area contributed by atoms with Crippen LogP contribution in [0, 0.1) is 13.8 Å². The van der Waals surface area contributed by atoms with Crippen molar-refractivity contribution in [1.29, 1.82) is 0 Å². The van der Waals surface area contributed by atoms with Crippen molar-refractivity contribution in [3.63, 3.8) is 0 Å². The standard InChI is InChI=1S/C27H29NO7/c1-5-16(2)22-14-21(10-12-24(22)30)34-25-13-11-23(17(3)18(25)4)28(15-26(31)32)27(33)35-20-8-6-19(29)7-9-20/h6-14,16,29-30H,5,15H2,1-4H3,(H,31,32). The first-order valence-electron chi connectivity index (χ1n) is 11.2. The quantitative estimate of drug-likeness (QED) is 0.357. The number of phenolic OH excluding ortho intramolecular Hbond substituents is 2. The first-order valence-corrected chi connectivity index (χ1v) is 11.2. The average molecular weight is 480 g/mol. The number of hydrogen-bond acceptors (Lipinski definition) is 6. The number of carboxylic acids is 1. The van der Waals surface area contributed by atoms with Crippen molar-refractivity contribution in [2.45, 2.75) is 40.0 Å². The van der Waals surface area contributed by atoms with Crippen LogP contribution in [0.3, 0.4) is 0 Å². The van der Waals surface area contributed by atoms with Crippen LogP contribution in [0.5, 0.6) is 28.7 Å². The molecule has 0 aliphatic carbocycles. The number of carboxylic acid groups (broad SMARTS) is 1. The van der Waals surface area contributed by atoms with Crippen LogP contribution in [0.2, 0.25) is 0 Å². The van der Waals surface area contributed by atoms with E-state index in [2.05, 4.69) is 0 Å². The lowest BCUT2D eigenvalue weighted by Crippen LogP contribution is -2.38. The van der Waals surface area contributed by atoms with Crippen LogP contribution < -0.4 is 14.4 Å². The third-order valence-corrected chi connectivity index (χ3v) is 5.93. The number of ether oxygens (including phenoxy) is 2. The molecule has 3 aromatic rings. The summed E-state index contributed by atoms with van der Waals surface area (Å²) in [5.74, 6) is 0.448. The molecule has 184 valence electrons. The zero-order valence-electron chi connectivity index (χ0n) is 20.1. The van der Waals surface area contributed by atoms with Crippen molar-refractivity contribution in [3.8, 4) is 28.7 Å². The summed E-state index contributed by atoms with van der Waals surface area (Å²) in [6.45, 7) is 7.04. The number of carbonyl (C=O) groups is 2. The van der Waals surface area contributed by atoms with Gasteiger partial charge in [0.15, 0.2) is 0 Å². The minimum atomic E-state index is -1.20. The molecule has 0 aliphatic heterocycles. The van der Waals surface area contributed by atoms with Gasteiger partial charge in [-0.3, -0.25) is 9.69 Å². The topological polar surface area (TPSA) is 117 Å². The Morgan fingerprint density at radius 1 is 0.943 bits per heavy atom. The predicted octanol–water partition coefficient (Wildman–Crippen LogP) is 6.11. The Hall–Kier alpha value is -4.20. The fourth-order valence-corrected chi connectivity index (χ4v) is 3.58. The van der Waals surface area contributed by atoms with Gasteiger partial charge in [-0.2, -0.15) is 0 Å². The van der Waals surface area contributed by atoms with E-state index in [-0.39, 0.29) is 23.2 Å². The van der Waals surface area contributed by atoms with E-state index in [1.165, 1.54) is 24.3 Å². The number of aliphatic carboxylic acids is 1. The predicted molar refractivity (Wildman–Crippen MR) is 132 cm³/mol. The summed E-state index contributed by atoms with van der Waals surface area (Å²) in [7, 11) is 0. The molecule has 0 bridgehead atoms. The first kappa shape index (κ1) is 25.4. The zero-order valence-corrected chi connectivity index (χ0v) is 20.1. The number of anilines is 1. The number of hydrogen-bond donors (Lipinski definition) is 3. The van der Waals surface area contributed by atoms with Gasteiger partial charge in [-0.25, -0.2) is 4.79 Å². The number of rotatable bonds is 8. The third kappa shape index (κ3) is 6.03. The normalized spacial score (nSPS) is 11.5. The highest BCUT2D eigenvalue weighted by molar-refractivity contribution is 5.95. The summed E-state index contributed by atoms with van der Waals surface area (Å²) in [5.41, 5.74) is 2.52. The molecule has 1 atom stereocenters. The Morgan fingerprint density at radius 3 is 2.23 bits per heavy atom. The minimum absolute atomic E-state index is 0.0131. The Kier molecular flexibility index (Phi) is 7.86. The minimum Gasteiger partial charge on any atom is -0.508 e. The van der Waals surface area contributed by atoms with E-state index in [0.29, 0.717) is 28.3 Å². The van der Waals surface area contributed by atoms with Crippen LogP contribution >= 0.6 is 0 Å². The van der Waals surface area contributed by atoms with Crippen molar-refractivity contribution < 1.29 is 34.4 Å². The fraction of sp³-hybridized carbons (Fsp3) is 0.259. The van der Waals surface area contributed by atoms with E-state index >= 15 is 0 Å². The maximum absolute atomic E-state index is 12.9. The van der Waals surface area contributed by atoms with Gasteiger partial charge in [0.2, 0.25) is 0 Å². The number of carbonyl (C=O) groups excluding carboxylic acids is 1. The van der Waals surface area contributed by atoms with Gasteiger partial charge in [0.1, 0.15) is 35.3 Å². The maximum Gasteiger partial charge on any atom is 0.420 e. The van der Waals surface area contributed by atoms with Gasteiger partial charge in [-0.05, 0) is 91.9 Å². The second-order valence-electron chi connectivity index (χ2n) is 8.31. The van der Waals surface area contributed by atoms with Gasteiger partial charge in [0.05, 0.1) is 5.69 Å². The molecule has 0 saturated carbocycles. The first-order chi connectivity index (χ1) is 16.6. The summed E-state index contributed by atoms with van der Waals surface area (Å²) in [4.78, 5) is 25.4. The molecule has 0 aromatic heterocycles. The van der Waals surface area contributed by atoms with Gasteiger partial charge >= 0.3 is 12.1 Å². The zero-order chi connectivity index (χ0) is 25.7. The second kappa shape index (κ2) is 10.8. The third-order valence-electron chi connectivity index (χ3n) is 5.93. The van der Waals surface area contributed by atoms with E-state index in [1.54, 1.807) is 37.3 Å². The lowest BCUT2D eigenvalue weighted by Gasteiger charge is -2.24. The fourth-order valence-electron chi connectivity index (χ4n) is 3.58. The molecule has 8 nitrogen and oxygen atoms in total. The van der Waals surface area contributed by atoms with Crippen LogP contribution in [-0.2, 0) is 4.79 Å². The largest absolute Gasteiger partial charge is 0.508 e. The van der Waals surface area contributed by atoms with E-state index < -0.39 is 18.6 Å². The molecule has 8 heteroatoms. The number of amides is 1. The van der Waals surface area contributed by atoms with E-state index in [1.807, 2.05) is 20.8 Å². The number of nitrogens with zero attached hydrogens (tertiary/aromatic N) is 1. The molecule has 3 aromatic carbocycles. The molecule has 0 spiro atoms. The van der Waals surface area contributed by atoms with Gasteiger partial charge in [0.25, 0.3) is 0 Å². The highest BCUT2D eigenvalue weighted by atomic mass is 16.6. The van der Waals surface area contributed by atoms with Crippen LogP contribution in [-0.4, -0.2) is 33.9 Å². The summed E-state index contributed by atoms with van der Waals surface area (Å²) >= 11 is 0. The summed E-state index contributed by atoms with van der Waals surface area (Å²) in [6, 6.07) is 13.9. The highest BCUT2D eigenvalue weighted by Gasteiger charge is 2.24. The Balaban J connectivity index is 1.90. The number of phenols is 2. The lowest BCUT2D eigenvalue weighted by molar-refractivity contribution is -0.135. The van der Waals surface area contributed by atoms with Gasteiger partial charge in [0, 0.05) is 5.56 Å². The highest BCUT2D eigenvalue weighted by Crippen LogP contribution is 2.36. The molecule has 0 radical (unpaired) electrons. The van der Waals surface area contributed by atoms with Crippen LogP contribution in [0.1, 0.15) is 42.9 Å². The van der Waals surface area contributed by atoms with Crippen molar-refractivity contribution in [2.24, 2.45) is 0 Å². The lowest BCUT2D eigenvalue weighted by atomic mass is 9.97. The van der Waals surface area contributed by atoms with E-state index in [4.69, 9.17) is 9.47 Å². The molecule has 1 unspecified atom stereocenters. The Morgan fingerprint density at radius 2 is 1.60 bits per heavy atom. The molecule has 0 saturated heterocycles. The summed E-state index contributed by atoms with van der Waals surface area (Å²) in [5, 5.41) is 29.0. The smallest absolute Gasteiger partial charge is 0.420 e. The van der Waals surface area contributed by atoms with Crippen molar-refractivity contribution in [2.75, 3.05) is 11.4 Å². The van der Waals surface area contributed by atoms with E-state index in [0.717, 1.165) is 16.9 Å². The molecule has 3 rings (SSSR count). The van der Waals surface area contributed by atoms with Gasteiger partial charge in [-0.1, -0.05) is 13.8 Å². The Labute approximate surface area is 204 Å². The van der Waals surface area contributed by atoms with Crippen molar-refractivity contribution in [3.05, 3.63) is 71.3 Å². The molecule has 3 N–H and O–H groups in total. The SMILES string of the molecule is CCC(C)c1cc(Oc2ccc(N(CC(=O)O)C(=O)Oc3ccc(O)cc3)c(C)c2C)ccc1O. The van der Waals surface area contributed by atoms with Crippen molar-refractivity contribution in [1.82, 2.24) is 0 Å². The molecular formula is C27H29NO7. The molecule has 0 fully saturated rings. The number of aromatic hydroxyl groups is 2. The molecule has 35 heavy (non-hydrogen) atoms. The van der Waals surface area contributed by atoms with Crippen LogP contribution in [0.25, 0.3) is 0 Å². The van der Waals surface area contributed by atoms with Crippen LogP contribution in [0.4, 0.5) is 10.5 Å². The molecular weight excluding hydrogens is 450 g/mol. The summed E-state index contributed by atoms with van der Waals surface area (Å²) in [6.07, 6.45) is -0.00487. The maximum atomic E-state index is 12.9. The van der Waals surface area contributed by atoms with Gasteiger partial charge in [-0.15, -0.1) is 0 Å². The average Bonchev–Trinajstić information content (AvgIpc) is 2.83.